The van der Waals surface area contributed by atoms with Gasteiger partial charge in [0.25, 0.3) is 0 Å². The lowest BCUT2D eigenvalue weighted by Gasteiger charge is -2.27. The number of aromatic nitrogens is 4. The fourth-order valence-corrected chi connectivity index (χ4v) is 4.40. The van der Waals surface area contributed by atoms with E-state index in [1.54, 1.807) is 12.4 Å². The fourth-order valence-electron chi connectivity index (χ4n) is 3.57. The number of rotatable bonds is 5. The van der Waals surface area contributed by atoms with Crippen LogP contribution in [0.15, 0.2) is 53.9 Å². The zero-order chi connectivity index (χ0) is 19.5. The molecule has 0 spiro atoms. The summed E-state index contributed by atoms with van der Waals surface area (Å²) in [5, 5.41) is 12.2. The molecule has 1 aliphatic carbocycles. The maximum atomic E-state index is 12.8. The SMILES string of the molecule is C[C@@H](Sc1nnc(-c2ccncc2)n1C)C(=O)N[C@H]1CCCc2ccccc21. The van der Waals surface area contributed by atoms with Gasteiger partial charge in [-0.25, -0.2) is 0 Å². The second kappa shape index (κ2) is 8.14. The Hall–Kier alpha value is -2.67. The first kappa shape index (κ1) is 18.7. The van der Waals surface area contributed by atoms with Crippen molar-refractivity contribution in [3.8, 4) is 11.4 Å². The van der Waals surface area contributed by atoms with Crippen LogP contribution < -0.4 is 5.32 Å². The van der Waals surface area contributed by atoms with Crippen molar-refractivity contribution in [1.82, 2.24) is 25.1 Å². The average molecular weight is 394 g/mol. The number of fused-ring (bicyclic) bond motifs is 1. The quantitative estimate of drug-likeness (QED) is 0.671. The van der Waals surface area contributed by atoms with E-state index < -0.39 is 0 Å². The van der Waals surface area contributed by atoms with Gasteiger partial charge in [-0.15, -0.1) is 10.2 Å². The van der Waals surface area contributed by atoms with Gasteiger partial charge in [0.05, 0.1) is 11.3 Å². The summed E-state index contributed by atoms with van der Waals surface area (Å²) in [6, 6.07) is 12.3. The van der Waals surface area contributed by atoms with E-state index in [0.29, 0.717) is 0 Å². The normalized spacial score (nSPS) is 17.0. The van der Waals surface area contributed by atoms with Crippen molar-refractivity contribution in [2.45, 2.75) is 42.6 Å². The van der Waals surface area contributed by atoms with Gasteiger partial charge < -0.3 is 9.88 Å². The standard InChI is InChI=1S/C21H23N5OS/c1-14(20(27)23-18-9-5-7-15-6-3-4-8-17(15)18)28-21-25-24-19(26(21)2)16-10-12-22-13-11-16/h3-4,6,8,10-14,18H,5,7,9H2,1-2H3,(H,23,27)/t14-,18+/m1/s1. The summed E-state index contributed by atoms with van der Waals surface area (Å²) in [4.78, 5) is 16.9. The summed E-state index contributed by atoms with van der Waals surface area (Å²) < 4.78 is 1.92. The van der Waals surface area contributed by atoms with E-state index in [2.05, 4.69) is 38.7 Å². The molecule has 2 heterocycles. The minimum atomic E-state index is -0.262. The monoisotopic (exact) mass is 393 g/mol. The van der Waals surface area contributed by atoms with Crippen LogP contribution in [0, 0.1) is 0 Å². The largest absolute Gasteiger partial charge is 0.348 e. The highest BCUT2D eigenvalue weighted by molar-refractivity contribution is 8.00. The molecule has 2 aromatic heterocycles. The van der Waals surface area contributed by atoms with Gasteiger partial charge in [-0.3, -0.25) is 9.78 Å². The Balaban J connectivity index is 1.44. The lowest BCUT2D eigenvalue weighted by atomic mass is 9.88. The van der Waals surface area contributed by atoms with Crippen LogP contribution in [-0.4, -0.2) is 30.9 Å². The molecule has 28 heavy (non-hydrogen) atoms. The Morgan fingerprint density at radius 1 is 1.21 bits per heavy atom. The molecule has 1 amide bonds. The molecule has 3 aromatic rings. The van der Waals surface area contributed by atoms with Crippen molar-refractivity contribution in [3.05, 3.63) is 59.9 Å². The summed E-state index contributed by atoms with van der Waals surface area (Å²) in [6.45, 7) is 1.91. The summed E-state index contributed by atoms with van der Waals surface area (Å²) in [6.07, 6.45) is 6.63. The summed E-state index contributed by atoms with van der Waals surface area (Å²) in [5.74, 6) is 0.791. The van der Waals surface area contributed by atoms with Crippen LogP contribution >= 0.6 is 11.8 Å². The number of pyridine rings is 1. The highest BCUT2D eigenvalue weighted by atomic mass is 32.2. The molecule has 0 unspecified atom stereocenters. The van der Waals surface area contributed by atoms with Crippen LogP contribution in [0.3, 0.4) is 0 Å². The van der Waals surface area contributed by atoms with E-state index in [1.165, 1.54) is 22.9 Å². The molecular weight excluding hydrogens is 370 g/mol. The number of benzene rings is 1. The molecule has 1 aromatic carbocycles. The smallest absolute Gasteiger partial charge is 0.233 e. The second-order valence-electron chi connectivity index (χ2n) is 7.01. The zero-order valence-electron chi connectivity index (χ0n) is 16.0. The first-order valence-corrected chi connectivity index (χ1v) is 10.4. The highest BCUT2D eigenvalue weighted by Crippen LogP contribution is 2.31. The van der Waals surface area contributed by atoms with Gasteiger partial charge in [0.2, 0.25) is 5.91 Å². The zero-order valence-corrected chi connectivity index (χ0v) is 16.8. The number of nitrogens with one attached hydrogen (secondary N) is 1. The van der Waals surface area contributed by atoms with Crippen molar-refractivity contribution in [3.63, 3.8) is 0 Å². The van der Waals surface area contributed by atoms with Crippen LogP contribution in [0.5, 0.6) is 0 Å². The summed E-state index contributed by atoms with van der Waals surface area (Å²) in [5.41, 5.74) is 3.54. The maximum Gasteiger partial charge on any atom is 0.233 e. The molecule has 0 aliphatic heterocycles. The highest BCUT2D eigenvalue weighted by Gasteiger charge is 2.25. The van der Waals surface area contributed by atoms with Crippen molar-refractivity contribution in [2.24, 2.45) is 7.05 Å². The number of amides is 1. The van der Waals surface area contributed by atoms with E-state index >= 15 is 0 Å². The van der Waals surface area contributed by atoms with Crippen LogP contribution in [-0.2, 0) is 18.3 Å². The Labute approximate surface area is 168 Å². The molecule has 0 bridgehead atoms. The molecule has 1 N–H and O–H groups in total. The van der Waals surface area contributed by atoms with Crippen LogP contribution in [0.1, 0.15) is 36.9 Å². The van der Waals surface area contributed by atoms with E-state index in [0.717, 1.165) is 35.8 Å². The first-order valence-electron chi connectivity index (χ1n) is 9.48. The number of thioether (sulfide) groups is 1. The molecule has 144 valence electrons. The van der Waals surface area contributed by atoms with Crippen LogP contribution in [0.2, 0.25) is 0 Å². The van der Waals surface area contributed by atoms with E-state index in [9.17, 15) is 4.79 Å². The Morgan fingerprint density at radius 3 is 2.82 bits per heavy atom. The Kier molecular flexibility index (Phi) is 5.43. The summed E-state index contributed by atoms with van der Waals surface area (Å²) >= 11 is 1.43. The molecular formula is C21H23N5OS. The van der Waals surface area contributed by atoms with Gasteiger partial charge in [-0.05, 0) is 49.4 Å². The maximum absolute atomic E-state index is 12.8. The number of hydrogen-bond donors (Lipinski definition) is 1. The first-order chi connectivity index (χ1) is 13.6. The number of nitrogens with zero attached hydrogens (tertiary/aromatic N) is 4. The third-order valence-electron chi connectivity index (χ3n) is 5.11. The molecule has 7 heteroatoms. The van der Waals surface area contributed by atoms with E-state index in [1.807, 2.05) is 36.7 Å². The van der Waals surface area contributed by atoms with Crippen molar-refractivity contribution in [1.29, 1.82) is 0 Å². The minimum Gasteiger partial charge on any atom is -0.348 e. The molecule has 2 atom stereocenters. The predicted octanol–water partition coefficient (Wildman–Crippen LogP) is 3.55. The van der Waals surface area contributed by atoms with Crippen molar-refractivity contribution < 1.29 is 4.79 Å². The lowest BCUT2D eigenvalue weighted by Crippen LogP contribution is -2.36. The molecule has 0 radical (unpaired) electrons. The average Bonchev–Trinajstić information content (AvgIpc) is 3.09. The number of aryl methyl sites for hydroxylation is 1. The molecule has 0 saturated heterocycles. The number of hydrogen-bond acceptors (Lipinski definition) is 5. The van der Waals surface area contributed by atoms with Crippen molar-refractivity contribution in [2.75, 3.05) is 0 Å². The van der Waals surface area contributed by atoms with Gasteiger partial charge in [0.1, 0.15) is 0 Å². The minimum absolute atomic E-state index is 0.0279. The second-order valence-corrected chi connectivity index (χ2v) is 8.32. The third kappa shape index (κ3) is 3.80. The van der Waals surface area contributed by atoms with Gasteiger partial charge in [-0.1, -0.05) is 36.0 Å². The van der Waals surface area contributed by atoms with Gasteiger partial charge in [-0.2, -0.15) is 0 Å². The van der Waals surface area contributed by atoms with Gasteiger partial charge >= 0.3 is 0 Å². The number of carbonyl (C=O) groups excluding carboxylic acids is 1. The Morgan fingerprint density at radius 2 is 2.00 bits per heavy atom. The molecule has 4 rings (SSSR count). The van der Waals surface area contributed by atoms with Crippen LogP contribution in [0.4, 0.5) is 0 Å². The number of carbonyl (C=O) groups is 1. The van der Waals surface area contributed by atoms with Crippen LogP contribution in [0.25, 0.3) is 11.4 Å². The summed E-state index contributed by atoms with van der Waals surface area (Å²) in [7, 11) is 1.92. The molecule has 0 saturated carbocycles. The molecule has 1 aliphatic rings. The van der Waals surface area contributed by atoms with Gasteiger partial charge in [0, 0.05) is 25.0 Å². The molecule has 6 nitrogen and oxygen atoms in total. The van der Waals surface area contributed by atoms with Crippen molar-refractivity contribution >= 4 is 17.7 Å². The predicted molar refractivity (Wildman–Crippen MR) is 110 cm³/mol. The lowest BCUT2D eigenvalue weighted by molar-refractivity contribution is -0.121. The third-order valence-corrected chi connectivity index (χ3v) is 6.24. The molecule has 0 fully saturated rings. The van der Waals surface area contributed by atoms with E-state index in [4.69, 9.17) is 0 Å². The van der Waals surface area contributed by atoms with Gasteiger partial charge in [0.15, 0.2) is 11.0 Å². The van der Waals surface area contributed by atoms with E-state index in [-0.39, 0.29) is 17.2 Å². The fraction of sp³-hybridized carbons (Fsp3) is 0.333. The Bertz CT molecular complexity index is 972. The topological polar surface area (TPSA) is 72.7 Å².